The maximum atomic E-state index is 5.44. The van der Waals surface area contributed by atoms with E-state index in [0.717, 1.165) is 18.0 Å². The Kier molecular flexibility index (Phi) is 3.74. The van der Waals surface area contributed by atoms with Crippen LogP contribution in [0.4, 0.5) is 0 Å². The maximum absolute atomic E-state index is 5.44. The summed E-state index contributed by atoms with van der Waals surface area (Å²) >= 11 is 0. The van der Waals surface area contributed by atoms with E-state index in [1.54, 1.807) is 7.11 Å². The summed E-state index contributed by atoms with van der Waals surface area (Å²) in [5.41, 5.74) is 2.44. The van der Waals surface area contributed by atoms with E-state index in [4.69, 9.17) is 4.74 Å². The van der Waals surface area contributed by atoms with Crippen LogP contribution < -0.4 is 10.1 Å². The summed E-state index contributed by atoms with van der Waals surface area (Å²) in [6.07, 6.45) is 4.33. The van der Waals surface area contributed by atoms with E-state index in [1.807, 2.05) is 30.1 Å². The SMILES string of the molecule is COc1ccccc1C1CC(NCc2ccn(C)n2)C1. The number of ether oxygens (including phenoxy) is 1. The van der Waals surface area contributed by atoms with Gasteiger partial charge in [0.15, 0.2) is 0 Å². The van der Waals surface area contributed by atoms with E-state index in [0.29, 0.717) is 12.0 Å². The summed E-state index contributed by atoms with van der Waals surface area (Å²) in [5, 5.41) is 7.95. The van der Waals surface area contributed by atoms with Crippen LogP contribution in [0.25, 0.3) is 0 Å². The maximum Gasteiger partial charge on any atom is 0.122 e. The number of nitrogens with one attached hydrogen (secondary N) is 1. The Morgan fingerprint density at radius 1 is 1.30 bits per heavy atom. The monoisotopic (exact) mass is 271 g/mol. The van der Waals surface area contributed by atoms with E-state index >= 15 is 0 Å². The number of hydrogen-bond donors (Lipinski definition) is 1. The van der Waals surface area contributed by atoms with Crippen LogP contribution in [0.15, 0.2) is 36.5 Å². The van der Waals surface area contributed by atoms with Crippen molar-refractivity contribution in [1.29, 1.82) is 0 Å². The molecule has 20 heavy (non-hydrogen) atoms. The Balaban J connectivity index is 1.51. The van der Waals surface area contributed by atoms with Gasteiger partial charge in [-0.2, -0.15) is 5.10 Å². The van der Waals surface area contributed by atoms with Crippen LogP contribution in [0.5, 0.6) is 5.75 Å². The third kappa shape index (κ3) is 2.70. The zero-order valence-corrected chi connectivity index (χ0v) is 12.0. The molecule has 0 bridgehead atoms. The van der Waals surface area contributed by atoms with Gasteiger partial charge in [-0.3, -0.25) is 4.68 Å². The van der Waals surface area contributed by atoms with Gasteiger partial charge < -0.3 is 10.1 Å². The van der Waals surface area contributed by atoms with Gasteiger partial charge in [0.1, 0.15) is 5.75 Å². The quantitative estimate of drug-likeness (QED) is 0.908. The predicted molar refractivity (Wildman–Crippen MR) is 78.8 cm³/mol. The molecule has 1 aliphatic rings. The van der Waals surface area contributed by atoms with Gasteiger partial charge in [0.05, 0.1) is 12.8 Å². The number of methoxy groups -OCH3 is 1. The van der Waals surface area contributed by atoms with Crippen LogP contribution in [0.1, 0.15) is 30.0 Å². The summed E-state index contributed by atoms with van der Waals surface area (Å²) in [4.78, 5) is 0. The second kappa shape index (κ2) is 5.67. The van der Waals surface area contributed by atoms with Gasteiger partial charge in [-0.05, 0) is 36.5 Å². The van der Waals surface area contributed by atoms with Crippen LogP contribution in [0.2, 0.25) is 0 Å². The summed E-state index contributed by atoms with van der Waals surface area (Å²) < 4.78 is 7.28. The number of nitrogens with zero attached hydrogens (tertiary/aromatic N) is 2. The van der Waals surface area contributed by atoms with E-state index < -0.39 is 0 Å². The van der Waals surface area contributed by atoms with Gasteiger partial charge in [0.25, 0.3) is 0 Å². The fourth-order valence-electron chi connectivity index (χ4n) is 2.85. The van der Waals surface area contributed by atoms with Gasteiger partial charge in [-0.25, -0.2) is 0 Å². The minimum atomic E-state index is 0.590. The first kappa shape index (κ1) is 13.2. The second-order valence-electron chi connectivity index (χ2n) is 5.47. The van der Waals surface area contributed by atoms with Crippen molar-refractivity contribution < 1.29 is 4.74 Å². The molecule has 1 aromatic carbocycles. The van der Waals surface area contributed by atoms with Crippen molar-refractivity contribution in [2.75, 3.05) is 7.11 Å². The normalized spacial score (nSPS) is 21.5. The zero-order valence-electron chi connectivity index (χ0n) is 12.0. The summed E-state index contributed by atoms with van der Waals surface area (Å²) in [7, 11) is 3.69. The Morgan fingerprint density at radius 3 is 2.80 bits per heavy atom. The molecule has 1 saturated carbocycles. The fraction of sp³-hybridized carbons (Fsp3) is 0.438. The topological polar surface area (TPSA) is 39.1 Å². The van der Waals surface area contributed by atoms with Crippen LogP contribution in [-0.2, 0) is 13.6 Å². The minimum Gasteiger partial charge on any atom is -0.496 e. The van der Waals surface area contributed by atoms with Crippen LogP contribution in [0.3, 0.4) is 0 Å². The lowest BCUT2D eigenvalue weighted by Crippen LogP contribution is -2.39. The molecule has 106 valence electrons. The second-order valence-corrected chi connectivity index (χ2v) is 5.47. The minimum absolute atomic E-state index is 0.590. The van der Waals surface area contributed by atoms with Crippen LogP contribution in [0, 0.1) is 0 Å². The van der Waals surface area contributed by atoms with Gasteiger partial charge in [0.2, 0.25) is 0 Å². The summed E-state index contributed by atoms with van der Waals surface area (Å²) in [6, 6.07) is 11.0. The molecule has 4 nitrogen and oxygen atoms in total. The van der Waals surface area contributed by atoms with Crippen molar-refractivity contribution >= 4 is 0 Å². The molecule has 0 atom stereocenters. The molecule has 4 heteroatoms. The molecule has 1 heterocycles. The Hall–Kier alpha value is -1.81. The number of aryl methyl sites for hydroxylation is 1. The molecule has 0 saturated heterocycles. The summed E-state index contributed by atoms with van der Waals surface area (Å²) in [6.45, 7) is 0.851. The third-order valence-corrected chi connectivity index (χ3v) is 4.06. The lowest BCUT2D eigenvalue weighted by molar-refractivity contribution is 0.281. The molecule has 0 aliphatic heterocycles. The molecular formula is C16H21N3O. The van der Waals surface area contributed by atoms with Crippen molar-refractivity contribution in [2.24, 2.45) is 7.05 Å². The van der Waals surface area contributed by atoms with Crippen molar-refractivity contribution in [3.05, 3.63) is 47.8 Å². The molecule has 3 rings (SSSR count). The molecule has 2 aromatic rings. The average Bonchev–Trinajstić information content (AvgIpc) is 2.83. The zero-order chi connectivity index (χ0) is 13.9. The molecule has 0 unspecified atom stereocenters. The number of hydrogen-bond acceptors (Lipinski definition) is 3. The van der Waals surface area contributed by atoms with Crippen molar-refractivity contribution in [3.8, 4) is 5.75 Å². The first-order valence-electron chi connectivity index (χ1n) is 7.11. The number of benzene rings is 1. The molecule has 0 amide bonds. The third-order valence-electron chi connectivity index (χ3n) is 4.06. The largest absolute Gasteiger partial charge is 0.496 e. The number of aromatic nitrogens is 2. The van der Waals surface area contributed by atoms with Crippen molar-refractivity contribution in [1.82, 2.24) is 15.1 Å². The number of rotatable bonds is 5. The molecule has 1 aromatic heterocycles. The molecule has 1 fully saturated rings. The smallest absolute Gasteiger partial charge is 0.122 e. The van der Waals surface area contributed by atoms with Gasteiger partial charge in [0, 0.05) is 25.8 Å². The highest BCUT2D eigenvalue weighted by Gasteiger charge is 2.31. The molecule has 1 N–H and O–H groups in total. The van der Waals surface area contributed by atoms with Gasteiger partial charge in [-0.15, -0.1) is 0 Å². The van der Waals surface area contributed by atoms with Crippen LogP contribution in [-0.4, -0.2) is 22.9 Å². The standard InChI is InChI=1S/C16H21N3O/c1-19-8-7-13(18-19)11-17-14-9-12(10-14)15-5-3-4-6-16(15)20-2/h3-8,12,14,17H,9-11H2,1-2H3. The summed E-state index contributed by atoms with van der Waals surface area (Å²) in [5.74, 6) is 1.63. The molecular weight excluding hydrogens is 250 g/mol. The van der Waals surface area contributed by atoms with Gasteiger partial charge in [-0.1, -0.05) is 18.2 Å². The van der Waals surface area contributed by atoms with E-state index in [-0.39, 0.29) is 0 Å². The average molecular weight is 271 g/mol. The lowest BCUT2D eigenvalue weighted by atomic mass is 9.75. The molecule has 1 aliphatic carbocycles. The van der Waals surface area contributed by atoms with Gasteiger partial charge >= 0.3 is 0 Å². The first-order valence-corrected chi connectivity index (χ1v) is 7.11. The highest BCUT2D eigenvalue weighted by Crippen LogP contribution is 2.40. The highest BCUT2D eigenvalue weighted by atomic mass is 16.5. The number of para-hydroxylation sites is 1. The van der Waals surface area contributed by atoms with Crippen molar-refractivity contribution in [2.45, 2.75) is 31.3 Å². The first-order chi connectivity index (χ1) is 9.76. The lowest BCUT2D eigenvalue weighted by Gasteiger charge is -2.36. The Labute approximate surface area is 119 Å². The highest BCUT2D eigenvalue weighted by molar-refractivity contribution is 5.37. The molecule has 0 spiro atoms. The Morgan fingerprint density at radius 2 is 2.10 bits per heavy atom. The fourth-order valence-corrected chi connectivity index (χ4v) is 2.85. The van der Waals surface area contributed by atoms with Crippen molar-refractivity contribution in [3.63, 3.8) is 0 Å². The predicted octanol–water partition coefficient (Wildman–Crippen LogP) is 2.46. The van der Waals surface area contributed by atoms with Crippen LogP contribution >= 0.6 is 0 Å². The molecule has 0 radical (unpaired) electrons. The Bertz CT molecular complexity index is 573. The van der Waals surface area contributed by atoms with E-state index in [1.165, 1.54) is 18.4 Å². The van der Waals surface area contributed by atoms with E-state index in [9.17, 15) is 0 Å². The van der Waals surface area contributed by atoms with E-state index in [2.05, 4.69) is 28.6 Å².